The Hall–Kier alpha value is -1.83. The van der Waals surface area contributed by atoms with Crippen LogP contribution in [0.25, 0.3) is 11.1 Å². The summed E-state index contributed by atoms with van der Waals surface area (Å²) < 4.78 is 0. The molecule has 0 aliphatic heterocycles. The summed E-state index contributed by atoms with van der Waals surface area (Å²) in [5, 5.41) is 0. The Morgan fingerprint density at radius 3 is 2.40 bits per heavy atom. The second-order valence-corrected chi connectivity index (χ2v) is 3.69. The van der Waals surface area contributed by atoms with Crippen molar-refractivity contribution < 1.29 is 0 Å². The van der Waals surface area contributed by atoms with Gasteiger partial charge >= 0.3 is 0 Å². The van der Waals surface area contributed by atoms with Crippen molar-refractivity contribution in [2.45, 2.75) is 13.8 Å². The summed E-state index contributed by atoms with van der Waals surface area (Å²) in [5.41, 5.74) is 3.76. The number of aromatic nitrogens is 1. The standard InChI is InChI=1S/C13H13NO/c1-9-8-12(10(2)13(15)14-9)11-6-4-3-5-7-11/h3-8H,1-2H3,(H,14,15). The van der Waals surface area contributed by atoms with Crippen molar-refractivity contribution in [3.05, 3.63) is 58.0 Å². The van der Waals surface area contributed by atoms with Gasteiger partial charge in [-0.25, -0.2) is 0 Å². The number of H-pyrrole nitrogens is 1. The first-order valence-electron chi connectivity index (χ1n) is 4.94. The largest absolute Gasteiger partial charge is 0.326 e. The Morgan fingerprint density at radius 2 is 1.73 bits per heavy atom. The molecule has 0 spiro atoms. The summed E-state index contributed by atoms with van der Waals surface area (Å²) in [6.45, 7) is 3.74. The smallest absolute Gasteiger partial charge is 0.251 e. The van der Waals surface area contributed by atoms with Crippen LogP contribution in [0, 0.1) is 13.8 Å². The van der Waals surface area contributed by atoms with E-state index in [1.54, 1.807) is 0 Å². The van der Waals surface area contributed by atoms with Gasteiger partial charge < -0.3 is 4.98 Å². The van der Waals surface area contributed by atoms with E-state index in [2.05, 4.69) is 4.98 Å². The summed E-state index contributed by atoms with van der Waals surface area (Å²) in [4.78, 5) is 14.4. The Labute approximate surface area is 88.6 Å². The van der Waals surface area contributed by atoms with Gasteiger partial charge in [0.25, 0.3) is 5.56 Å². The van der Waals surface area contributed by atoms with Gasteiger partial charge in [-0.15, -0.1) is 0 Å². The maximum absolute atomic E-state index is 11.6. The number of hydrogen-bond donors (Lipinski definition) is 1. The molecule has 0 unspecified atom stereocenters. The van der Waals surface area contributed by atoms with Crippen LogP contribution in [0.4, 0.5) is 0 Å². The number of hydrogen-bond acceptors (Lipinski definition) is 1. The van der Waals surface area contributed by atoms with E-state index in [4.69, 9.17) is 0 Å². The van der Waals surface area contributed by atoms with E-state index in [0.717, 1.165) is 22.4 Å². The average Bonchev–Trinajstić information content (AvgIpc) is 2.24. The normalized spacial score (nSPS) is 10.3. The fourth-order valence-electron chi connectivity index (χ4n) is 1.67. The molecule has 0 bridgehead atoms. The lowest BCUT2D eigenvalue weighted by atomic mass is 10.0. The highest BCUT2D eigenvalue weighted by molar-refractivity contribution is 5.66. The number of nitrogens with one attached hydrogen (secondary N) is 1. The SMILES string of the molecule is Cc1cc(-c2ccccc2)c(C)c(=O)[nH]1. The average molecular weight is 199 g/mol. The molecule has 0 amide bonds. The van der Waals surface area contributed by atoms with Crippen molar-refractivity contribution in [3.63, 3.8) is 0 Å². The van der Waals surface area contributed by atoms with Crippen molar-refractivity contribution >= 4 is 0 Å². The number of rotatable bonds is 1. The second-order valence-electron chi connectivity index (χ2n) is 3.69. The van der Waals surface area contributed by atoms with E-state index < -0.39 is 0 Å². The third-order valence-electron chi connectivity index (χ3n) is 2.50. The predicted molar refractivity (Wildman–Crippen MR) is 62.0 cm³/mol. The Balaban J connectivity index is 2.68. The van der Waals surface area contributed by atoms with Crippen LogP contribution in [0.15, 0.2) is 41.2 Å². The lowest BCUT2D eigenvalue weighted by Crippen LogP contribution is -2.11. The third kappa shape index (κ3) is 1.84. The fourth-order valence-corrected chi connectivity index (χ4v) is 1.67. The van der Waals surface area contributed by atoms with E-state index in [-0.39, 0.29) is 5.56 Å². The van der Waals surface area contributed by atoms with E-state index in [1.165, 1.54) is 0 Å². The van der Waals surface area contributed by atoms with Gasteiger partial charge in [0.2, 0.25) is 0 Å². The molecule has 0 saturated carbocycles. The first kappa shape index (κ1) is 9.71. The molecule has 0 radical (unpaired) electrons. The van der Waals surface area contributed by atoms with E-state index in [9.17, 15) is 4.79 Å². The van der Waals surface area contributed by atoms with Crippen LogP contribution in [-0.2, 0) is 0 Å². The highest BCUT2D eigenvalue weighted by Crippen LogP contribution is 2.20. The quantitative estimate of drug-likeness (QED) is 0.752. The minimum Gasteiger partial charge on any atom is -0.326 e. The van der Waals surface area contributed by atoms with Gasteiger partial charge in [0, 0.05) is 11.3 Å². The highest BCUT2D eigenvalue weighted by Gasteiger charge is 2.05. The van der Waals surface area contributed by atoms with E-state index in [1.807, 2.05) is 50.2 Å². The summed E-state index contributed by atoms with van der Waals surface area (Å²) >= 11 is 0. The maximum Gasteiger partial charge on any atom is 0.251 e. The molecule has 1 N–H and O–H groups in total. The number of aryl methyl sites for hydroxylation is 1. The van der Waals surface area contributed by atoms with Crippen LogP contribution in [-0.4, -0.2) is 4.98 Å². The van der Waals surface area contributed by atoms with E-state index in [0.29, 0.717) is 0 Å². The molecular formula is C13H13NO. The molecule has 0 fully saturated rings. The van der Waals surface area contributed by atoms with Crippen LogP contribution in [0.3, 0.4) is 0 Å². The molecule has 1 heterocycles. The van der Waals surface area contributed by atoms with Crippen molar-refractivity contribution in [2.75, 3.05) is 0 Å². The second kappa shape index (κ2) is 3.73. The van der Waals surface area contributed by atoms with Gasteiger partial charge in [-0.2, -0.15) is 0 Å². The summed E-state index contributed by atoms with van der Waals surface area (Å²) in [5.74, 6) is 0. The Kier molecular flexibility index (Phi) is 2.42. The Morgan fingerprint density at radius 1 is 1.07 bits per heavy atom. The molecule has 2 rings (SSSR count). The molecule has 0 aliphatic rings. The van der Waals surface area contributed by atoms with Gasteiger partial charge in [0.15, 0.2) is 0 Å². The number of pyridine rings is 1. The van der Waals surface area contributed by atoms with Crippen LogP contribution in [0.2, 0.25) is 0 Å². The van der Waals surface area contributed by atoms with Crippen molar-refractivity contribution in [1.82, 2.24) is 4.98 Å². The predicted octanol–water partition coefficient (Wildman–Crippen LogP) is 2.66. The van der Waals surface area contributed by atoms with Gasteiger partial charge in [-0.3, -0.25) is 4.79 Å². The third-order valence-corrected chi connectivity index (χ3v) is 2.50. The first-order valence-corrected chi connectivity index (χ1v) is 4.94. The van der Waals surface area contributed by atoms with Crippen LogP contribution in [0.5, 0.6) is 0 Å². The molecule has 0 atom stereocenters. The molecule has 0 aliphatic carbocycles. The van der Waals surface area contributed by atoms with Crippen molar-refractivity contribution in [2.24, 2.45) is 0 Å². The van der Waals surface area contributed by atoms with Gasteiger partial charge in [0.1, 0.15) is 0 Å². The zero-order chi connectivity index (χ0) is 10.8. The molecule has 15 heavy (non-hydrogen) atoms. The molecule has 1 aromatic heterocycles. The van der Waals surface area contributed by atoms with Crippen LogP contribution in [0.1, 0.15) is 11.3 Å². The highest BCUT2D eigenvalue weighted by atomic mass is 16.1. The monoisotopic (exact) mass is 199 g/mol. The van der Waals surface area contributed by atoms with E-state index >= 15 is 0 Å². The van der Waals surface area contributed by atoms with Crippen molar-refractivity contribution in [1.29, 1.82) is 0 Å². The number of benzene rings is 1. The Bertz CT molecular complexity index is 526. The molecule has 1 aromatic carbocycles. The van der Waals surface area contributed by atoms with Gasteiger partial charge in [-0.05, 0) is 31.0 Å². The molecule has 76 valence electrons. The van der Waals surface area contributed by atoms with Crippen molar-refractivity contribution in [3.8, 4) is 11.1 Å². The number of aromatic amines is 1. The minimum atomic E-state index is -0.00569. The zero-order valence-corrected chi connectivity index (χ0v) is 8.87. The zero-order valence-electron chi connectivity index (χ0n) is 8.87. The fraction of sp³-hybridized carbons (Fsp3) is 0.154. The lowest BCUT2D eigenvalue weighted by molar-refractivity contribution is 1.11. The minimum absolute atomic E-state index is 0.00569. The molecule has 2 aromatic rings. The first-order chi connectivity index (χ1) is 7.18. The molecule has 2 heteroatoms. The van der Waals surface area contributed by atoms with Crippen LogP contribution >= 0.6 is 0 Å². The molecular weight excluding hydrogens is 186 g/mol. The maximum atomic E-state index is 11.6. The van der Waals surface area contributed by atoms with Gasteiger partial charge in [-0.1, -0.05) is 30.3 Å². The molecule has 2 nitrogen and oxygen atoms in total. The van der Waals surface area contributed by atoms with Crippen LogP contribution < -0.4 is 5.56 Å². The topological polar surface area (TPSA) is 32.9 Å². The molecule has 0 saturated heterocycles. The summed E-state index contributed by atoms with van der Waals surface area (Å²) in [6, 6.07) is 12.0. The van der Waals surface area contributed by atoms with Gasteiger partial charge in [0.05, 0.1) is 0 Å². The summed E-state index contributed by atoms with van der Waals surface area (Å²) in [7, 11) is 0. The summed E-state index contributed by atoms with van der Waals surface area (Å²) in [6.07, 6.45) is 0. The lowest BCUT2D eigenvalue weighted by Gasteiger charge is -2.06.